The van der Waals surface area contributed by atoms with E-state index in [0.29, 0.717) is 0 Å². The molecule has 0 amide bonds. The normalized spacial score (nSPS) is 12.1. The van der Waals surface area contributed by atoms with Gasteiger partial charge in [-0.05, 0) is 43.4 Å². The third-order valence-electron chi connectivity index (χ3n) is 2.89. The van der Waals surface area contributed by atoms with E-state index in [1.165, 1.54) is 43.4 Å². The molecule has 0 unspecified atom stereocenters. The fourth-order valence-corrected chi connectivity index (χ4v) is 3.84. The molecule has 0 aliphatic carbocycles. The van der Waals surface area contributed by atoms with Crippen LogP contribution < -0.4 is 9.44 Å². The quantitative estimate of drug-likeness (QED) is 0.834. The van der Waals surface area contributed by atoms with E-state index in [1.54, 1.807) is 0 Å². The highest BCUT2D eigenvalue weighted by Crippen LogP contribution is 2.24. The second-order valence-electron chi connectivity index (χ2n) is 4.39. The molecule has 0 radical (unpaired) electrons. The number of hydrogen-bond acceptors (Lipinski definition) is 4. The predicted molar refractivity (Wildman–Crippen MR) is 84.9 cm³/mol. The van der Waals surface area contributed by atoms with Crippen LogP contribution in [0.5, 0.6) is 0 Å². The van der Waals surface area contributed by atoms with Crippen molar-refractivity contribution in [3.63, 3.8) is 0 Å². The Balaban J connectivity index is 2.33. The van der Waals surface area contributed by atoms with E-state index < -0.39 is 30.8 Å². The summed E-state index contributed by atoms with van der Waals surface area (Å²) in [5.41, 5.74) is 0.0828. The Morgan fingerprint density at radius 2 is 1.57 bits per heavy atom. The van der Waals surface area contributed by atoms with Crippen LogP contribution >= 0.6 is 11.6 Å². The number of sulfonamides is 2. The first-order valence-electron chi connectivity index (χ1n) is 6.18. The third-order valence-corrected chi connectivity index (χ3v) is 6.01. The zero-order valence-electron chi connectivity index (χ0n) is 11.7. The van der Waals surface area contributed by atoms with Gasteiger partial charge in [-0.25, -0.2) is 25.9 Å². The Kier molecular flexibility index (Phi) is 4.95. The maximum absolute atomic E-state index is 13.8. The summed E-state index contributed by atoms with van der Waals surface area (Å²) < 4.78 is 65.6. The van der Waals surface area contributed by atoms with Crippen molar-refractivity contribution in [2.75, 3.05) is 11.8 Å². The minimum Gasteiger partial charge on any atom is -0.280 e. The van der Waals surface area contributed by atoms with Crippen LogP contribution in [0.25, 0.3) is 0 Å². The van der Waals surface area contributed by atoms with Crippen molar-refractivity contribution in [3.05, 3.63) is 53.3 Å². The van der Waals surface area contributed by atoms with Crippen LogP contribution in [0.1, 0.15) is 0 Å². The maximum atomic E-state index is 13.8. The highest BCUT2D eigenvalue weighted by molar-refractivity contribution is 7.92. The molecule has 0 fully saturated rings. The first-order valence-corrected chi connectivity index (χ1v) is 9.52. The average Bonchev–Trinajstić information content (AvgIpc) is 2.50. The summed E-state index contributed by atoms with van der Waals surface area (Å²) in [4.78, 5) is -0.631. The van der Waals surface area contributed by atoms with E-state index >= 15 is 0 Å². The molecular formula is C13H12ClFN2O4S2. The average molecular weight is 379 g/mol. The Morgan fingerprint density at radius 3 is 2.13 bits per heavy atom. The lowest BCUT2D eigenvalue weighted by Gasteiger charge is -2.10. The van der Waals surface area contributed by atoms with E-state index in [9.17, 15) is 21.2 Å². The molecule has 0 aliphatic heterocycles. The highest BCUT2D eigenvalue weighted by atomic mass is 35.5. The standard InChI is InChI=1S/C13H12ClFN2O4S2/c1-16-22(18,19)10-7-5-9(6-8-10)17-23(20,21)12-4-2-3-11(14)13(12)15/h2-8,16-17H,1H3. The summed E-state index contributed by atoms with van der Waals surface area (Å²) in [5, 5.41) is -0.316. The van der Waals surface area contributed by atoms with Crippen molar-refractivity contribution in [1.29, 1.82) is 0 Å². The lowest BCUT2D eigenvalue weighted by Crippen LogP contribution is -2.18. The van der Waals surface area contributed by atoms with E-state index in [-0.39, 0.29) is 15.6 Å². The van der Waals surface area contributed by atoms with Gasteiger partial charge >= 0.3 is 0 Å². The van der Waals surface area contributed by atoms with Gasteiger partial charge in [0.1, 0.15) is 4.90 Å². The van der Waals surface area contributed by atoms with Crippen LogP contribution in [-0.2, 0) is 20.0 Å². The lowest BCUT2D eigenvalue weighted by molar-refractivity contribution is 0.570. The molecule has 2 aromatic rings. The lowest BCUT2D eigenvalue weighted by atomic mass is 10.3. The predicted octanol–water partition coefficient (Wildman–Crippen LogP) is 2.19. The minimum atomic E-state index is -4.19. The number of halogens is 2. The Labute approximate surface area is 138 Å². The summed E-state index contributed by atoms with van der Waals surface area (Å²) in [6, 6.07) is 8.56. The van der Waals surface area contributed by atoms with Crippen LogP contribution in [0.15, 0.2) is 52.3 Å². The number of nitrogens with one attached hydrogen (secondary N) is 2. The van der Waals surface area contributed by atoms with E-state index in [1.807, 2.05) is 0 Å². The van der Waals surface area contributed by atoms with Gasteiger partial charge in [-0.15, -0.1) is 0 Å². The fraction of sp³-hybridized carbons (Fsp3) is 0.0769. The number of anilines is 1. The summed E-state index contributed by atoms with van der Waals surface area (Å²) in [6.07, 6.45) is 0. The van der Waals surface area contributed by atoms with Gasteiger partial charge in [-0.1, -0.05) is 17.7 Å². The van der Waals surface area contributed by atoms with E-state index in [0.717, 1.165) is 6.07 Å². The molecule has 124 valence electrons. The molecule has 0 spiro atoms. The van der Waals surface area contributed by atoms with Gasteiger partial charge in [0.15, 0.2) is 5.82 Å². The van der Waals surface area contributed by atoms with Crippen molar-refractivity contribution in [2.24, 2.45) is 0 Å². The highest BCUT2D eigenvalue weighted by Gasteiger charge is 2.21. The van der Waals surface area contributed by atoms with Crippen LogP contribution in [0.2, 0.25) is 5.02 Å². The number of benzene rings is 2. The maximum Gasteiger partial charge on any atom is 0.264 e. The van der Waals surface area contributed by atoms with Crippen LogP contribution in [0, 0.1) is 5.82 Å². The van der Waals surface area contributed by atoms with Gasteiger partial charge in [0.2, 0.25) is 10.0 Å². The molecule has 0 saturated heterocycles. The molecule has 2 rings (SSSR count). The molecular weight excluding hydrogens is 367 g/mol. The van der Waals surface area contributed by atoms with Crippen LogP contribution in [0.3, 0.4) is 0 Å². The Morgan fingerprint density at radius 1 is 0.957 bits per heavy atom. The van der Waals surface area contributed by atoms with Gasteiger partial charge < -0.3 is 0 Å². The van der Waals surface area contributed by atoms with Crippen molar-refractivity contribution in [2.45, 2.75) is 9.79 Å². The van der Waals surface area contributed by atoms with Crippen molar-refractivity contribution < 1.29 is 21.2 Å². The molecule has 0 heterocycles. The second-order valence-corrected chi connectivity index (χ2v) is 8.33. The summed E-state index contributed by atoms with van der Waals surface area (Å²) >= 11 is 5.57. The zero-order valence-corrected chi connectivity index (χ0v) is 14.1. The van der Waals surface area contributed by atoms with Crippen molar-refractivity contribution in [1.82, 2.24) is 4.72 Å². The first kappa shape index (κ1) is 17.7. The summed E-state index contributed by atoms with van der Waals surface area (Å²) in [7, 11) is -6.56. The largest absolute Gasteiger partial charge is 0.280 e. The monoisotopic (exact) mass is 378 g/mol. The molecule has 0 atom stereocenters. The molecule has 6 nitrogen and oxygen atoms in total. The molecule has 0 saturated carbocycles. The molecule has 0 bridgehead atoms. The molecule has 10 heteroatoms. The smallest absolute Gasteiger partial charge is 0.264 e. The van der Waals surface area contributed by atoms with Crippen molar-refractivity contribution >= 4 is 37.3 Å². The van der Waals surface area contributed by atoms with E-state index in [2.05, 4.69) is 9.44 Å². The molecule has 0 aliphatic rings. The SMILES string of the molecule is CNS(=O)(=O)c1ccc(NS(=O)(=O)c2cccc(Cl)c2F)cc1. The second kappa shape index (κ2) is 6.44. The Bertz CT molecular complexity index is 929. The van der Waals surface area contributed by atoms with Gasteiger partial charge in [0, 0.05) is 5.69 Å². The van der Waals surface area contributed by atoms with Gasteiger partial charge in [0.25, 0.3) is 10.0 Å². The van der Waals surface area contributed by atoms with Crippen molar-refractivity contribution in [3.8, 4) is 0 Å². The molecule has 23 heavy (non-hydrogen) atoms. The Hall–Kier alpha value is -1.68. The number of hydrogen-bond donors (Lipinski definition) is 2. The number of rotatable bonds is 5. The molecule has 2 N–H and O–H groups in total. The van der Waals surface area contributed by atoms with Gasteiger partial charge in [-0.2, -0.15) is 0 Å². The third kappa shape index (κ3) is 3.81. The van der Waals surface area contributed by atoms with E-state index in [4.69, 9.17) is 11.6 Å². The summed E-state index contributed by atoms with van der Waals surface area (Å²) in [5.74, 6) is -1.06. The molecule has 0 aromatic heterocycles. The first-order chi connectivity index (χ1) is 10.7. The molecule has 2 aromatic carbocycles. The van der Waals surface area contributed by atoms with Gasteiger partial charge in [-0.3, -0.25) is 4.72 Å². The summed E-state index contributed by atoms with van der Waals surface area (Å²) in [6.45, 7) is 0. The fourth-order valence-electron chi connectivity index (χ4n) is 1.72. The zero-order chi connectivity index (χ0) is 17.3. The van der Waals surface area contributed by atoms with Crippen LogP contribution in [-0.4, -0.2) is 23.9 Å². The van der Waals surface area contributed by atoms with Gasteiger partial charge in [0.05, 0.1) is 9.92 Å². The van der Waals surface area contributed by atoms with Crippen LogP contribution in [0.4, 0.5) is 10.1 Å². The minimum absolute atomic E-state index is 0.0307. The topological polar surface area (TPSA) is 92.3 Å².